The first-order chi connectivity index (χ1) is 7.11. The number of esters is 1. The molecule has 0 saturated carbocycles. The number of carbonyl (C=O) groups excluding carboxylic acids is 1. The van der Waals surface area contributed by atoms with Gasteiger partial charge in [-0.1, -0.05) is 35.7 Å². The second kappa shape index (κ2) is 5.76. The van der Waals surface area contributed by atoms with Gasteiger partial charge in [0, 0.05) is 0 Å². The molecule has 1 atom stereocenters. The average molecular weight is 314 g/mol. The number of benzene rings is 1. The van der Waals surface area contributed by atoms with E-state index in [2.05, 4.69) is 5.92 Å². The fourth-order valence-electron chi connectivity index (χ4n) is 1.06. The molecule has 78 valence electrons. The normalized spacial score (nSPS) is 11.5. The van der Waals surface area contributed by atoms with E-state index in [0.29, 0.717) is 0 Å². The van der Waals surface area contributed by atoms with Gasteiger partial charge < -0.3 is 4.74 Å². The second-order valence-corrected chi connectivity index (χ2v) is 4.27. The van der Waals surface area contributed by atoms with Gasteiger partial charge in [0.1, 0.15) is 0 Å². The van der Waals surface area contributed by atoms with Crippen LogP contribution in [0.15, 0.2) is 24.3 Å². The molecule has 0 heterocycles. The van der Waals surface area contributed by atoms with E-state index >= 15 is 0 Å². The second-order valence-electron chi connectivity index (χ2n) is 3.13. The SMILES string of the molecule is C#CC(I)OC(=O)Cc1ccc(C)cc1. The van der Waals surface area contributed by atoms with Gasteiger partial charge in [-0.2, -0.15) is 0 Å². The largest absolute Gasteiger partial charge is 0.439 e. The molecule has 1 unspecified atom stereocenters. The number of aryl methyl sites for hydroxylation is 1. The topological polar surface area (TPSA) is 26.3 Å². The highest BCUT2D eigenvalue weighted by Gasteiger charge is 2.08. The number of ether oxygens (including phenoxy) is 1. The number of hydrogen-bond acceptors (Lipinski definition) is 2. The van der Waals surface area contributed by atoms with E-state index in [4.69, 9.17) is 11.2 Å². The van der Waals surface area contributed by atoms with Gasteiger partial charge in [-0.25, -0.2) is 0 Å². The fourth-order valence-corrected chi connectivity index (χ4v) is 1.35. The van der Waals surface area contributed by atoms with Crippen LogP contribution in [0.5, 0.6) is 0 Å². The lowest BCUT2D eigenvalue weighted by atomic mass is 10.1. The van der Waals surface area contributed by atoms with Crippen molar-refractivity contribution in [1.82, 2.24) is 0 Å². The number of carbonyl (C=O) groups is 1. The van der Waals surface area contributed by atoms with Gasteiger partial charge in [-0.15, -0.1) is 6.42 Å². The molecule has 1 rings (SSSR count). The minimum absolute atomic E-state index is 0.265. The Morgan fingerprint density at radius 2 is 2.13 bits per heavy atom. The van der Waals surface area contributed by atoms with Crippen molar-refractivity contribution in [2.75, 3.05) is 0 Å². The lowest BCUT2D eigenvalue weighted by molar-refractivity contribution is -0.142. The van der Waals surface area contributed by atoms with Crippen molar-refractivity contribution < 1.29 is 9.53 Å². The molecular formula is C12H11IO2. The first-order valence-corrected chi connectivity index (χ1v) is 5.71. The highest BCUT2D eigenvalue weighted by Crippen LogP contribution is 2.07. The van der Waals surface area contributed by atoms with Crippen LogP contribution < -0.4 is 0 Å². The minimum Gasteiger partial charge on any atom is -0.439 e. The number of halogens is 1. The summed E-state index contributed by atoms with van der Waals surface area (Å²) in [6, 6.07) is 7.75. The Labute approximate surface area is 103 Å². The third-order valence-electron chi connectivity index (χ3n) is 1.84. The number of alkyl halides is 1. The van der Waals surface area contributed by atoms with Crippen LogP contribution in [0.2, 0.25) is 0 Å². The zero-order chi connectivity index (χ0) is 11.3. The van der Waals surface area contributed by atoms with Crippen molar-refractivity contribution in [3.8, 4) is 12.3 Å². The van der Waals surface area contributed by atoms with Crippen molar-refractivity contribution in [2.45, 2.75) is 17.5 Å². The molecule has 0 spiro atoms. The first-order valence-electron chi connectivity index (χ1n) is 4.47. The Morgan fingerprint density at radius 3 is 2.67 bits per heavy atom. The van der Waals surface area contributed by atoms with Crippen LogP contribution in [0.3, 0.4) is 0 Å². The third-order valence-corrected chi connectivity index (χ3v) is 2.45. The summed E-state index contributed by atoms with van der Waals surface area (Å²) < 4.78 is 4.46. The Kier molecular flexibility index (Phi) is 4.63. The van der Waals surface area contributed by atoms with Gasteiger partial charge in [0.05, 0.1) is 6.42 Å². The lowest BCUT2D eigenvalue weighted by Crippen LogP contribution is -2.12. The first kappa shape index (κ1) is 12.1. The quantitative estimate of drug-likeness (QED) is 0.371. The maximum atomic E-state index is 11.3. The van der Waals surface area contributed by atoms with Gasteiger partial charge in [0.15, 0.2) is 0 Å². The molecule has 15 heavy (non-hydrogen) atoms. The van der Waals surface area contributed by atoms with E-state index in [-0.39, 0.29) is 12.4 Å². The Hall–Kier alpha value is -1.02. The van der Waals surface area contributed by atoms with Crippen molar-refractivity contribution in [3.63, 3.8) is 0 Å². The Bertz CT molecular complexity index is 376. The summed E-state index contributed by atoms with van der Waals surface area (Å²) in [4.78, 5) is 11.3. The van der Waals surface area contributed by atoms with Gasteiger partial charge in [0.25, 0.3) is 0 Å². The smallest absolute Gasteiger partial charge is 0.312 e. The molecule has 0 aliphatic rings. The van der Waals surface area contributed by atoms with Gasteiger partial charge in [-0.3, -0.25) is 4.79 Å². The lowest BCUT2D eigenvalue weighted by Gasteiger charge is -2.05. The summed E-state index contributed by atoms with van der Waals surface area (Å²) in [5, 5.41) is 0. The average Bonchev–Trinajstić information content (AvgIpc) is 2.21. The molecule has 3 heteroatoms. The number of hydrogen-bond donors (Lipinski definition) is 0. The number of rotatable bonds is 3. The summed E-state index contributed by atoms with van der Waals surface area (Å²) in [5.74, 6) is 2.04. The molecule has 0 amide bonds. The molecule has 0 fully saturated rings. The van der Waals surface area contributed by atoms with Crippen LogP contribution in [0.25, 0.3) is 0 Å². The molecule has 0 saturated heterocycles. The fraction of sp³-hybridized carbons (Fsp3) is 0.250. The molecule has 0 N–H and O–H groups in total. The monoisotopic (exact) mass is 314 g/mol. The van der Waals surface area contributed by atoms with E-state index in [1.165, 1.54) is 5.56 Å². The molecule has 0 aliphatic carbocycles. The molecule has 0 aliphatic heterocycles. The predicted molar refractivity (Wildman–Crippen MR) is 67.6 cm³/mol. The Morgan fingerprint density at radius 1 is 1.53 bits per heavy atom. The van der Waals surface area contributed by atoms with Crippen LogP contribution in [0.4, 0.5) is 0 Å². The number of terminal acetylenes is 1. The van der Waals surface area contributed by atoms with Crippen molar-refractivity contribution in [1.29, 1.82) is 0 Å². The molecule has 0 aromatic heterocycles. The van der Waals surface area contributed by atoms with Gasteiger partial charge in [0.2, 0.25) is 4.11 Å². The van der Waals surface area contributed by atoms with E-state index < -0.39 is 4.11 Å². The molecular weight excluding hydrogens is 303 g/mol. The molecule has 1 aromatic rings. The standard InChI is InChI=1S/C12H11IO2/c1-3-11(13)15-12(14)8-10-6-4-9(2)5-7-10/h1,4-7,11H,8H2,2H3. The molecule has 1 aromatic carbocycles. The Balaban J connectivity index is 2.52. The van der Waals surface area contributed by atoms with Crippen LogP contribution in [0, 0.1) is 19.3 Å². The third kappa shape index (κ3) is 4.34. The molecule has 2 nitrogen and oxygen atoms in total. The summed E-state index contributed by atoms with van der Waals surface area (Å²) in [7, 11) is 0. The van der Waals surface area contributed by atoms with E-state index in [1.54, 1.807) is 0 Å². The van der Waals surface area contributed by atoms with Crippen LogP contribution in [-0.4, -0.2) is 10.1 Å². The van der Waals surface area contributed by atoms with E-state index in [0.717, 1.165) is 5.56 Å². The van der Waals surface area contributed by atoms with Crippen molar-refractivity contribution >= 4 is 28.6 Å². The predicted octanol–water partition coefficient (Wildman–Crippen LogP) is 2.48. The van der Waals surface area contributed by atoms with Crippen LogP contribution >= 0.6 is 22.6 Å². The zero-order valence-corrected chi connectivity index (χ0v) is 10.5. The van der Waals surface area contributed by atoms with Crippen molar-refractivity contribution in [3.05, 3.63) is 35.4 Å². The van der Waals surface area contributed by atoms with Gasteiger partial charge >= 0.3 is 5.97 Å². The van der Waals surface area contributed by atoms with E-state index in [1.807, 2.05) is 53.8 Å². The maximum Gasteiger partial charge on any atom is 0.312 e. The highest BCUT2D eigenvalue weighted by atomic mass is 127. The zero-order valence-electron chi connectivity index (χ0n) is 8.37. The molecule has 0 bridgehead atoms. The van der Waals surface area contributed by atoms with Crippen LogP contribution in [-0.2, 0) is 16.0 Å². The van der Waals surface area contributed by atoms with E-state index in [9.17, 15) is 4.79 Å². The summed E-state index contributed by atoms with van der Waals surface area (Å²) in [6.45, 7) is 2.00. The molecule has 0 radical (unpaired) electrons. The minimum atomic E-state index is -0.486. The summed E-state index contributed by atoms with van der Waals surface area (Å²) in [5.41, 5.74) is 2.11. The summed E-state index contributed by atoms with van der Waals surface area (Å²) >= 11 is 1.89. The van der Waals surface area contributed by atoms with Gasteiger partial charge in [-0.05, 0) is 35.1 Å². The van der Waals surface area contributed by atoms with Crippen molar-refractivity contribution in [2.24, 2.45) is 0 Å². The summed E-state index contributed by atoms with van der Waals surface area (Å²) in [6.07, 6.45) is 5.36. The van der Waals surface area contributed by atoms with Crippen LogP contribution in [0.1, 0.15) is 11.1 Å². The highest BCUT2D eigenvalue weighted by molar-refractivity contribution is 14.1. The maximum absolute atomic E-state index is 11.3.